The molecule has 0 unspecified atom stereocenters. The molecule has 21 heavy (non-hydrogen) atoms. The highest BCUT2D eigenvalue weighted by molar-refractivity contribution is 7.93. The van der Waals surface area contributed by atoms with E-state index in [9.17, 15) is 13.2 Å². The minimum absolute atomic E-state index is 0.301. The van der Waals surface area contributed by atoms with Gasteiger partial charge >= 0.3 is 5.97 Å². The van der Waals surface area contributed by atoms with E-state index in [0.29, 0.717) is 16.9 Å². The molecule has 108 valence electrons. The summed E-state index contributed by atoms with van der Waals surface area (Å²) in [5, 5.41) is 10.2. The van der Waals surface area contributed by atoms with Crippen LogP contribution in [0.3, 0.4) is 0 Å². The van der Waals surface area contributed by atoms with Crippen molar-refractivity contribution in [2.24, 2.45) is 0 Å². The number of aliphatic carboxylic acids is 1. The largest absolute Gasteiger partial charge is 0.480 e. The first kappa shape index (κ1) is 13.4. The lowest BCUT2D eigenvalue weighted by Gasteiger charge is -2.05. The first-order valence-corrected chi connectivity index (χ1v) is 7.73. The molecule has 0 bridgehead atoms. The van der Waals surface area contributed by atoms with Crippen LogP contribution in [0.5, 0.6) is 0 Å². The number of carboxylic acid groups (broad SMARTS) is 1. The van der Waals surface area contributed by atoms with E-state index in [0.717, 1.165) is 10.8 Å². The number of para-hydroxylation sites is 1. The van der Waals surface area contributed by atoms with Crippen molar-refractivity contribution >= 4 is 43.6 Å². The zero-order valence-corrected chi connectivity index (χ0v) is 11.6. The lowest BCUT2D eigenvalue weighted by Crippen LogP contribution is -2.22. The van der Waals surface area contributed by atoms with Gasteiger partial charge in [-0.1, -0.05) is 18.2 Å². The molecule has 2 N–H and O–H groups in total. The van der Waals surface area contributed by atoms with Crippen LogP contribution in [0.2, 0.25) is 0 Å². The Morgan fingerprint density at radius 3 is 2.57 bits per heavy atom. The number of nitrogens with one attached hydrogen (secondary N) is 1. The fraction of sp³-hybridized carbons (Fsp3) is 0.0714. The van der Waals surface area contributed by atoms with Gasteiger partial charge in [0.2, 0.25) is 10.0 Å². The van der Waals surface area contributed by atoms with Crippen molar-refractivity contribution in [1.82, 2.24) is 0 Å². The molecule has 2 aromatic carbocycles. The molecule has 3 rings (SSSR count). The molecule has 0 aliphatic heterocycles. The van der Waals surface area contributed by atoms with Crippen LogP contribution < -0.4 is 4.72 Å². The van der Waals surface area contributed by atoms with Crippen LogP contribution >= 0.6 is 0 Å². The number of carbonyl (C=O) groups is 1. The average Bonchev–Trinajstić information content (AvgIpc) is 2.74. The van der Waals surface area contributed by atoms with Crippen molar-refractivity contribution in [3.05, 3.63) is 42.5 Å². The van der Waals surface area contributed by atoms with Crippen LogP contribution in [0, 0.1) is 0 Å². The molecule has 0 atom stereocenters. The normalized spacial score (nSPS) is 11.8. The summed E-state index contributed by atoms with van der Waals surface area (Å²) in [4.78, 5) is 10.5. The first-order valence-electron chi connectivity index (χ1n) is 6.08. The second-order valence-corrected chi connectivity index (χ2v) is 6.29. The van der Waals surface area contributed by atoms with Crippen molar-refractivity contribution in [3.63, 3.8) is 0 Å². The molecule has 1 heterocycles. The molecule has 6 nitrogen and oxygen atoms in total. The Hall–Kier alpha value is -2.54. The molecule has 1 aromatic heterocycles. The summed E-state index contributed by atoms with van der Waals surface area (Å²) in [6, 6.07) is 12.2. The summed E-state index contributed by atoms with van der Waals surface area (Å²) in [5.74, 6) is -2.38. The van der Waals surface area contributed by atoms with Crippen LogP contribution in [0.15, 0.2) is 46.9 Å². The zero-order chi connectivity index (χ0) is 15.0. The van der Waals surface area contributed by atoms with Crippen molar-refractivity contribution in [3.8, 4) is 0 Å². The monoisotopic (exact) mass is 305 g/mol. The Bertz CT molecular complexity index is 942. The van der Waals surface area contributed by atoms with Gasteiger partial charge in [-0.2, -0.15) is 0 Å². The standard InChI is InChI=1S/C14H11NO5S/c16-14(17)8-21(18,19)15-9-5-6-13-11(7-9)10-3-1-2-4-12(10)20-13/h1-7,15H,8H2,(H,16,17). The number of anilines is 1. The van der Waals surface area contributed by atoms with E-state index in [1.54, 1.807) is 12.1 Å². The molecular weight excluding hydrogens is 294 g/mol. The lowest BCUT2D eigenvalue weighted by atomic mass is 10.1. The number of hydrogen-bond donors (Lipinski definition) is 2. The summed E-state index contributed by atoms with van der Waals surface area (Å²) >= 11 is 0. The molecular formula is C14H11NO5S. The maximum Gasteiger partial charge on any atom is 0.320 e. The van der Waals surface area contributed by atoms with E-state index in [4.69, 9.17) is 9.52 Å². The van der Waals surface area contributed by atoms with Crippen LogP contribution in [-0.4, -0.2) is 25.2 Å². The molecule has 0 radical (unpaired) electrons. The second-order valence-electron chi connectivity index (χ2n) is 4.56. The number of fused-ring (bicyclic) bond motifs is 3. The van der Waals surface area contributed by atoms with Gasteiger partial charge in [0.1, 0.15) is 11.2 Å². The van der Waals surface area contributed by atoms with Gasteiger partial charge in [0.05, 0.1) is 0 Å². The number of furan rings is 1. The predicted octanol–water partition coefficient (Wildman–Crippen LogP) is 2.41. The summed E-state index contributed by atoms with van der Waals surface area (Å²) in [5.41, 5.74) is 1.64. The van der Waals surface area contributed by atoms with Gasteiger partial charge in [0.15, 0.2) is 5.75 Å². The highest BCUT2D eigenvalue weighted by atomic mass is 32.2. The van der Waals surface area contributed by atoms with Crippen LogP contribution in [-0.2, 0) is 14.8 Å². The number of carboxylic acids is 1. The van der Waals surface area contributed by atoms with Crippen molar-refractivity contribution < 1.29 is 22.7 Å². The van der Waals surface area contributed by atoms with E-state index in [-0.39, 0.29) is 0 Å². The Balaban J connectivity index is 2.05. The molecule has 0 spiro atoms. The zero-order valence-electron chi connectivity index (χ0n) is 10.7. The number of hydrogen-bond acceptors (Lipinski definition) is 4. The number of rotatable bonds is 4. The lowest BCUT2D eigenvalue weighted by molar-refractivity contribution is -0.134. The summed E-state index contributed by atoms with van der Waals surface area (Å²) < 4.78 is 31.1. The minimum Gasteiger partial charge on any atom is -0.480 e. The van der Waals surface area contributed by atoms with Gasteiger partial charge in [-0.25, -0.2) is 8.42 Å². The van der Waals surface area contributed by atoms with Crippen LogP contribution in [0.1, 0.15) is 0 Å². The fourth-order valence-electron chi connectivity index (χ4n) is 2.17. The second kappa shape index (κ2) is 4.78. The third-order valence-corrected chi connectivity index (χ3v) is 4.14. The van der Waals surface area contributed by atoms with Gasteiger partial charge in [-0.3, -0.25) is 9.52 Å². The van der Waals surface area contributed by atoms with Gasteiger partial charge in [0, 0.05) is 16.5 Å². The predicted molar refractivity (Wildman–Crippen MR) is 78.8 cm³/mol. The molecule has 0 saturated heterocycles. The van der Waals surface area contributed by atoms with E-state index in [1.165, 1.54) is 6.07 Å². The Morgan fingerprint density at radius 2 is 1.81 bits per heavy atom. The van der Waals surface area contributed by atoms with Gasteiger partial charge < -0.3 is 9.52 Å². The number of sulfonamides is 1. The molecule has 7 heteroatoms. The molecule has 0 saturated carbocycles. The third kappa shape index (κ3) is 2.68. The van der Waals surface area contributed by atoms with Crippen molar-refractivity contribution in [1.29, 1.82) is 0 Å². The molecule has 0 aliphatic carbocycles. The maximum absolute atomic E-state index is 11.6. The van der Waals surface area contributed by atoms with Crippen molar-refractivity contribution in [2.75, 3.05) is 10.5 Å². The summed E-state index contributed by atoms with van der Waals surface area (Å²) in [6.45, 7) is 0. The van der Waals surface area contributed by atoms with Crippen LogP contribution in [0.4, 0.5) is 5.69 Å². The topological polar surface area (TPSA) is 96.6 Å². The van der Waals surface area contributed by atoms with E-state index in [2.05, 4.69) is 4.72 Å². The Labute approximate surface area is 120 Å². The smallest absolute Gasteiger partial charge is 0.320 e. The third-order valence-electron chi connectivity index (χ3n) is 2.96. The highest BCUT2D eigenvalue weighted by Gasteiger charge is 2.16. The average molecular weight is 305 g/mol. The first-order chi connectivity index (χ1) is 9.94. The fourth-order valence-corrected chi connectivity index (χ4v) is 3.05. The minimum atomic E-state index is -3.92. The van der Waals surface area contributed by atoms with Gasteiger partial charge in [-0.05, 0) is 24.3 Å². The number of benzene rings is 2. The van der Waals surface area contributed by atoms with E-state index in [1.807, 2.05) is 24.3 Å². The molecule has 0 fully saturated rings. The maximum atomic E-state index is 11.6. The van der Waals surface area contributed by atoms with Gasteiger partial charge in [0.25, 0.3) is 0 Å². The molecule has 0 amide bonds. The highest BCUT2D eigenvalue weighted by Crippen LogP contribution is 2.30. The molecule has 3 aromatic rings. The van der Waals surface area contributed by atoms with Crippen molar-refractivity contribution in [2.45, 2.75) is 0 Å². The van der Waals surface area contributed by atoms with Crippen LogP contribution in [0.25, 0.3) is 21.9 Å². The summed E-state index contributed by atoms with van der Waals surface area (Å²) in [6.07, 6.45) is 0. The molecule has 0 aliphatic rings. The Morgan fingerprint density at radius 1 is 1.10 bits per heavy atom. The quantitative estimate of drug-likeness (QED) is 0.771. The Kier molecular flexibility index (Phi) is 3.06. The van der Waals surface area contributed by atoms with Gasteiger partial charge in [-0.15, -0.1) is 0 Å². The SMILES string of the molecule is O=C(O)CS(=O)(=O)Nc1ccc2oc3ccccc3c2c1. The van der Waals surface area contributed by atoms with E-state index >= 15 is 0 Å². The summed E-state index contributed by atoms with van der Waals surface area (Å²) in [7, 11) is -3.92. The van der Waals surface area contributed by atoms with E-state index < -0.39 is 21.7 Å².